The molecule has 21 heavy (non-hydrogen) atoms. The van der Waals surface area contributed by atoms with Gasteiger partial charge in [-0.1, -0.05) is 23.7 Å². The van der Waals surface area contributed by atoms with E-state index in [-0.39, 0.29) is 18.0 Å². The lowest BCUT2D eigenvalue weighted by Gasteiger charge is -2.14. The number of hydrogen-bond acceptors (Lipinski definition) is 3. The van der Waals surface area contributed by atoms with Crippen LogP contribution in [0.25, 0.3) is 0 Å². The van der Waals surface area contributed by atoms with Crippen molar-refractivity contribution in [2.45, 2.75) is 12.3 Å². The molecule has 2 N–H and O–H groups in total. The van der Waals surface area contributed by atoms with Gasteiger partial charge in [0.25, 0.3) is 0 Å². The molecule has 2 rings (SSSR count). The van der Waals surface area contributed by atoms with Gasteiger partial charge in [0.2, 0.25) is 0 Å². The van der Waals surface area contributed by atoms with E-state index in [1.165, 1.54) is 12.1 Å². The Bertz CT molecular complexity index is 647. The predicted octanol–water partition coefficient (Wildman–Crippen LogP) is 3.49. The molecule has 0 saturated carbocycles. The Hall–Kier alpha value is -2.33. The van der Waals surface area contributed by atoms with Crippen molar-refractivity contribution < 1.29 is 19.8 Å². The number of carbonyl (C=O) groups is 2. The van der Waals surface area contributed by atoms with Crippen LogP contribution in [0.2, 0.25) is 5.02 Å². The molecule has 0 saturated heterocycles. The molecule has 2 aromatic carbocycles. The third kappa shape index (κ3) is 3.83. The molecule has 108 valence electrons. The number of phenolic OH excluding ortho intramolecular Hbond substituents is 1. The van der Waals surface area contributed by atoms with Gasteiger partial charge in [0.05, 0.1) is 12.3 Å². The van der Waals surface area contributed by atoms with Gasteiger partial charge in [-0.3, -0.25) is 9.59 Å². The van der Waals surface area contributed by atoms with Gasteiger partial charge in [0.1, 0.15) is 5.75 Å². The van der Waals surface area contributed by atoms with E-state index in [1.807, 2.05) is 0 Å². The Kier molecular flexibility index (Phi) is 4.60. The van der Waals surface area contributed by atoms with Crippen molar-refractivity contribution >= 4 is 23.4 Å². The Morgan fingerprint density at radius 1 is 1.00 bits per heavy atom. The second-order valence-electron chi connectivity index (χ2n) is 4.61. The highest BCUT2D eigenvalue weighted by Gasteiger charge is 2.24. The van der Waals surface area contributed by atoms with Gasteiger partial charge in [-0.2, -0.15) is 0 Å². The summed E-state index contributed by atoms with van der Waals surface area (Å²) in [5, 5.41) is 18.8. The summed E-state index contributed by atoms with van der Waals surface area (Å²) in [5.41, 5.74) is 0.953. The van der Waals surface area contributed by atoms with Crippen LogP contribution in [0.15, 0.2) is 48.5 Å². The third-order valence-corrected chi connectivity index (χ3v) is 3.37. The Morgan fingerprint density at radius 2 is 1.57 bits per heavy atom. The van der Waals surface area contributed by atoms with Crippen LogP contribution in [0.5, 0.6) is 5.75 Å². The lowest BCUT2D eigenvalue weighted by molar-refractivity contribution is -0.137. The maximum Gasteiger partial charge on any atom is 0.304 e. The average Bonchev–Trinajstić information content (AvgIpc) is 2.46. The highest BCUT2D eigenvalue weighted by molar-refractivity contribution is 6.30. The van der Waals surface area contributed by atoms with E-state index in [0.717, 1.165) is 0 Å². The summed E-state index contributed by atoms with van der Waals surface area (Å²) in [6.45, 7) is 0. The van der Waals surface area contributed by atoms with Crippen molar-refractivity contribution in [3.05, 3.63) is 64.7 Å². The molecular weight excluding hydrogens is 292 g/mol. The molecule has 0 fully saturated rings. The fourth-order valence-electron chi connectivity index (χ4n) is 2.06. The molecule has 0 aliphatic rings. The van der Waals surface area contributed by atoms with Crippen LogP contribution in [0.4, 0.5) is 0 Å². The number of carboxylic acids is 1. The molecule has 0 amide bonds. The van der Waals surface area contributed by atoms with Gasteiger partial charge in [0, 0.05) is 10.6 Å². The molecule has 1 atom stereocenters. The van der Waals surface area contributed by atoms with Crippen molar-refractivity contribution in [1.82, 2.24) is 0 Å². The summed E-state index contributed by atoms with van der Waals surface area (Å²) < 4.78 is 0. The van der Waals surface area contributed by atoms with Crippen LogP contribution in [0.1, 0.15) is 28.3 Å². The molecule has 2 aromatic rings. The molecule has 0 aliphatic carbocycles. The topological polar surface area (TPSA) is 74.6 Å². The molecule has 4 nitrogen and oxygen atoms in total. The number of halogens is 1. The summed E-state index contributed by atoms with van der Waals surface area (Å²) in [6, 6.07) is 12.3. The van der Waals surface area contributed by atoms with Crippen molar-refractivity contribution in [3.8, 4) is 5.75 Å². The van der Waals surface area contributed by atoms with Crippen LogP contribution >= 0.6 is 11.6 Å². The van der Waals surface area contributed by atoms with E-state index >= 15 is 0 Å². The number of aromatic hydroxyl groups is 1. The molecule has 0 heterocycles. The second kappa shape index (κ2) is 6.41. The Labute approximate surface area is 126 Å². The first-order valence-corrected chi connectivity index (χ1v) is 6.65. The monoisotopic (exact) mass is 304 g/mol. The molecular formula is C16H13ClO4. The van der Waals surface area contributed by atoms with Gasteiger partial charge in [-0.05, 0) is 42.0 Å². The molecule has 1 unspecified atom stereocenters. The van der Waals surface area contributed by atoms with Crippen LogP contribution < -0.4 is 0 Å². The lowest BCUT2D eigenvalue weighted by atomic mass is 9.88. The van der Waals surface area contributed by atoms with Gasteiger partial charge in [0.15, 0.2) is 5.78 Å². The Balaban J connectivity index is 2.35. The maximum absolute atomic E-state index is 12.5. The molecule has 0 aliphatic heterocycles. The minimum atomic E-state index is -1.06. The van der Waals surface area contributed by atoms with E-state index < -0.39 is 11.9 Å². The van der Waals surface area contributed by atoms with Crippen LogP contribution in [0.3, 0.4) is 0 Å². The summed E-state index contributed by atoms with van der Waals surface area (Å²) in [6.07, 6.45) is -0.313. The smallest absolute Gasteiger partial charge is 0.304 e. The maximum atomic E-state index is 12.5. The standard InChI is InChI=1S/C16H13ClO4/c17-12-5-1-11(2-6-12)16(21)14(9-15(19)20)10-3-7-13(18)8-4-10/h1-8,14,18H,9H2,(H,19,20). The number of benzene rings is 2. The van der Waals surface area contributed by atoms with Crippen molar-refractivity contribution in [3.63, 3.8) is 0 Å². The van der Waals surface area contributed by atoms with Gasteiger partial charge in [-0.15, -0.1) is 0 Å². The Morgan fingerprint density at radius 3 is 2.10 bits per heavy atom. The van der Waals surface area contributed by atoms with E-state index in [1.54, 1.807) is 36.4 Å². The van der Waals surface area contributed by atoms with Crippen LogP contribution in [-0.2, 0) is 4.79 Å². The van der Waals surface area contributed by atoms with Gasteiger partial charge < -0.3 is 10.2 Å². The quantitative estimate of drug-likeness (QED) is 0.829. The molecule has 0 aromatic heterocycles. The van der Waals surface area contributed by atoms with Crippen LogP contribution in [-0.4, -0.2) is 22.0 Å². The minimum absolute atomic E-state index is 0.0618. The van der Waals surface area contributed by atoms with Crippen molar-refractivity contribution in [2.75, 3.05) is 0 Å². The zero-order valence-electron chi connectivity index (χ0n) is 11.0. The number of ketones is 1. The first kappa shape index (κ1) is 15.1. The number of aliphatic carboxylic acids is 1. The molecule has 5 heteroatoms. The van der Waals surface area contributed by atoms with Gasteiger partial charge >= 0.3 is 5.97 Å². The highest BCUT2D eigenvalue weighted by Crippen LogP contribution is 2.26. The zero-order chi connectivity index (χ0) is 15.4. The largest absolute Gasteiger partial charge is 0.508 e. The molecule has 0 radical (unpaired) electrons. The fourth-order valence-corrected chi connectivity index (χ4v) is 2.18. The van der Waals surface area contributed by atoms with Crippen molar-refractivity contribution in [2.24, 2.45) is 0 Å². The summed E-state index contributed by atoms with van der Waals surface area (Å²) >= 11 is 5.78. The SMILES string of the molecule is O=C(O)CC(C(=O)c1ccc(Cl)cc1)c1ccc(O)cc1. The summed E-state index contributed by atoms with van der Waals surface area (Å²) in [4.78, 5) is 23.5. The predicted molar refractivity (Wildman–Crippen MR) is 78.9 cm³/mol. The van der Waals surface area contributed by atoms with E-state index in [2.05, 4.69) is 0 Å². The second-order valence-corrected chi connectivity index (χ2v) is 5.05. The first-order valence-electron chi connectivity index (χ1n) is 6.28. The van der Waals surface area contributed by atoms with E-state index in [4.69, 9.17) is 16.7 Å². The molecule has 0 spiro atoms. The number of phenols is 1. The van der Waals surface area contributed by atoms with E-state index in [0.29, 0.717) is 16.1 Å². The third-order valence-electron chi connectivity index (χ3n) is 3.12. The van der Waals surface area contributed by atoms with Gasteiger partial charge in [-0.25, -0.2) is 0 Å². The van der Waals surface area contributed by atoms with Crippen molar-refractivity contribution in [1.29, 1.82) is 0 Å². The zero-order valence-corrected chi connectivity index (χ0v) is 11.7. The van der Waals surface area contributed by atoms with E-state index in [9.17, 15) is 14.7 Å². The number of carbonyl (C=O) groups excluding carboxylic acids is 1. The normalized spacial score (nSPS) is 11.9. The minimum Gasteiger partial charge on any atom is -0.508 e. The number of Topliss-reactive ketones (excluding diaryl/α,β-unsaturated/α-hetero) is 1. The highest BCUT2D eigenvalue weighted by atomic mass is 35.5. The first-order chi connectivity index (χ1) is 9.97. The average molecular weight is 305 g/mol. The summed E-state index contributed by atoms with van der Waals surface area (Å²) in [5.74, 6) is -2.09. The number of rotatable bonds is 5. The number of carboxylic acid groups (broad SMARTS) is 1. The fraction of sp³-hybridized carbons (Fsp3) is 0.125. The number of hydrogen-bond donors (Lipinski definition) is 2. The summed E-state index contributed by atoms with van der Waals surface area (Å²) in [7, 11) is 0. The lowest BCUT2D eigenvalue weighted by Crippen LogP contribution is -2.16. The van der Waals surface area contributed by atoms with Crippen LogP contribution in [0, 0.1) is 0 Å². The molecule has 0 bridgehead atoms.